The molecule has 0 fully saturated rings. The Labute approximate surface area is 96.5 Å². The van der Waals surface area contributed by atoms with Gasteiger partial charge in [-0.25, -0.2) is 0 Å². The average Bonchev–Trinajstić information content (AvgIpc) is 2.25. The van der Waals surface area contributed by atoms with Crippen molar-refractivity contribution in [3.05, 3.63) is 33.9 Å². The molecule has 2 nitrogen and oxygen atoms in total. The quantitative estimate of drug-likeness (QED) is 0.750. The summed E-state index contributed by atoms with van der Waals surface area (Å²) in [4.78, 5) is 0. The number of anilines is 2. The standard InChI is InChI=1S/C10H10BrClN2/c1-6-2-3-13-10-8(11)4-7(12)5-9(10)14-6/h4-5,13-14H,1-3H2. The summed E-state index contributed by atoms with van der Waals surface area (Å²) in [7, 11) is 0. The van der Waals surface area contributed by atoms with Crippen LogP contribution in [0.4, 0.5) is 11.4 Å². The Morgan fingerprint density at radius 2 is 2.21 bits per heavy atom. The summed E-state index contributed by atoms with van der Waals surface area (Å²) in [5, 5.41) is 7.26. The third-order valence-electron chi connectivity index (χ3n) is 2.10. The van der Waals surface area contributed by atoms with Gasteiger partial charge >= 0.3 is 0 Å². The van der Waals surface area contributed by atoms with Gasteiger partial charge in [-0.05, 0) is 28.1 Å². The first-order chi connectivity index (χ1) is 6.66. The van der Waals surface area contributed by atoms with E-state index in [1.165, 1.54) is 0 Å². The fourth-order valence-corrected chi connectivity index (χ4v) is 2.39. The number of benzene rings is 1. The highest BCUT2D eigenvalue weighted by Gasteiger charge is 2.12. The second-order valence-corrected chi connectivity index (χ2v) is 4.51. The van der Waals surface area contributed by atoms with E-state index >= 15 is 0 Å². The molecule has 0 amide bonds. The SMILES string of the molecule is C=C1CCNc2c(Br)cc(Cl)cc2N1. The molecule has 1 heterocycles. The van der Waals surface area contributed by atoms with E-state index in [2.05, 4.69) is 33.1 Å². The molecule has 4 heteroatoms. The Morgan fingerprint density at radius 1 is 1.43 bits per heavy atom. The van der Waals surface area contributed by atoms with Crippen LogP contribution in [-0.2, 0) is 0 Å². The number of rotatable bonds is 0. The van der Waals surface area contributed by atoms with Crippen LogP contribution in [0.1, 0.15) is 6.42 Å². The van der Waals surface area contributed by atoms with Gasteiger partial charge in [0.05, 0.1) is 11.4 Å². The van der Waals surface area contributed by atoms with Gasteiger partial charge in [0.15, 0.2) is 0 Å². The van der Waals surface area contributed by atoms with Crippen molar-refractivity contribution in [1.82, 2.24) is 0 Å². The van der Waals surface area contributed by atoms with Crippen molar-refractivity contribution < 1.29 is 0 Å². The number of nitrogens with one attached hydrogen (secondary N) is 2. The highest BCUT2D eigenvalue weighted by molar-refractivity contribution is 9.10. The van der Waals surface area contributed by atoms with Crippen LogP contribution in [0.5, 0.6) is 0 Å². The van der Waals surface area contributed by atoms with Crippen LogP contribution in [-0.4, -0.2) is 6.54 Å². The topological polar surface area (TPSA) is 24.1 Å². The summed E-state index contributed by atoms with van der Waals surface area (Å²) in [5.74, 6) is 0. The van der Waals surface area contributed by atoms with Gasteiger partial charge < -0.3 is 10.6 Å². The second-order valence-electron chi connectivity index (χ2n) is 3.22. The molecule has 2 N–H and O–H groups in total. The lowest BCUT2D eigenvalue weighted by molar-refractivity contribution is 1.03. The number of halogens is 2. The summed E-state index contributed by atoms with van der Waals surface area (Å²) < 4.78 is 0.974. The predicted octanol–water partition coefficient (Wildman–Crippen LogP) is 3.84. The largest absolute Gasteiger partial charge is 0.382 e. The molecule has 14 heavy (non-hydrogen) atoms. The Hall–Kier alpha value is -0.670. The van der Waals surface area contributed by atoms with Gasteiger partial charge in [-0.1, -0.05) is 18.2 Å². The minimum absolute atomic E-state index is 0.708. The van der Waals surface area contributed by atoms with Gasteiger partial charge in [0, 0.05) is 28.2 Å². The third-order valence-corrected chi connectivity index (χ3v) is 2.94. The summed E-state index contributed by atoms with van der Waals surface area (Å²) in [6.07, 6.45) is 0.915. The highest BCUT2D eigenvalue weighted by atomic mass is 79.9. The van der Waals surface area contributed by atoms with Crippen LogP contribution >= 0.6 is 27.5 Å². The molecule has 0 radical (unpaired) electrons. The van der Waals surface area contributed by atoms with Crippen LogP contribution in [0.3, 0.4) is 0 Å². The number of fused-ring (bicyclic) bond motifs is 1. The van der Waals surface area contributed by atoms with Crippen LogP contribution in [0.25, 0.3) is 0 Å². The van der Waals surface area contributed by atoms with E-state index in [9.17, 15) is 0 Å². The van der Waals surface area contributed by atoms with Gasteiger partial charge in [-0.15, -0.1) is 0 Å². The molecule has 0 saturated heterocycles. The molecule has 1 aliphatic rings. The molecule has 1 aromatic carbocycles. The van der Waals surface area contributed by atoms with E-state index in [4.69, 9.17) is 11.6 Å². The van der Waals surface area contributed by atoms with E-state index in [1.807, 2.05) is 12.1 Å². The van der Waals surface area contributed by atoms with E-state index in [1.54, 1.807) is 0 Å². The van der Waals surface area contributed by atoms with Gasteiger partial charge in [-0.3, -0.25) is 0 Å². The first-order valence-corrected chi connectivity index (χ1v) is 5.51. The average molecular weight is 274 g/mol. The zero-order chi connectivity index (χ0) is 10.1. The minimum Gasteiger partial charge on any atom is -0.382 e. The van der Waals surface area contributed by atoms with Crippen LogP contribution < -0.4 is 10.6 Å². The molecular weight excluding hydrogens is 263 g/mol. The van der Waals surface area contributed by atoms with Crippen molar-refractivity contribution in [1.29, 1.82) is 0 Å². The maximum atomic E-state index is 5.96. The summed E-state index contributed by atoms with van der Waals surface area (Å²) >= 11 is 9.43. The zero-order valence-corrected chi connectivity index (χ0v) is 9.87. The lowest BCUT2D eigenvalue weighted by atomic mass is 10.2. The molecular formula is C10H10BrClN2. The fourth-order valence-electron chi connectivity index (χ4n) is 1.44. The molecule has 1 aromatic rings. The Bertz CT molecular complexity index is 390. The normalized spacial score (nSPS) is 15.1. The van der Waals surface area contributed by atoms with Gasteiger partial charge in [0.1, 0.15) is 0 Å². The highest BCUT2D eigenvalue weighted by Crippen LogP contribution is 2.36. The zero-order valence-electron chi connectivity index (χ0n) is 7.53. The van der Waals surface area contributed by atoms with Crippen molar-refractivity contribution in [3.8, 4) is 0 Å². The molecule has 0 bridgehead atoms. The lowest BCUT2D eigenvalue weighted by Gasteiger charge is -2.11. The molecule has 1 aliphatic heterocycles. The first kappa shape index (κ1) is 9.87. The van der Waals surface area contributed by atoms with Crippen LogP contribution in [0.15, 0.2) is 28.9 Å². The molecule has 0 aromatic heterocycles. The minimum atomic E-state index is 0.708. The molecule has 0 unspecified atom stereocenters. The van der Waals surface area contributed by atoms with E-state index in [0.717, 1.165) is 34.5 Å². The summed E-state index contributed by atoms with van der Waals surface area (Å²) in [6, 6.07) is 3.77. The van der Waals surface area contributed by atoms with Gasteiger partial charge in [-0.2, -0.15) is 0 Å². The van der Waals surface area contributed by atoms with Crippen LogP contribution in [0.2, 0.25) is 5.02 Å². The lowest BCUT2D eigenvalue weighted by Crippen LogP contribution is -1.99. The number of hydrogen-bond donors (Lipinski definition) is 2. The van der Waals surface area contributed by atoms with Crippen molar-refractivity contribution in [2.45, 2.75) is 6.42 Å². The Balaban J connectivity index is 2.50. The summed E-state index contributed by atoms with van der Waals surface area (Å²) in [5.41, 5.74) is 3.03. The van der Waals surface area contributed by atoms with Crippen molar-refractivity contribution >= 4 is 38.9 Å². The third kappa shape index (κ3) is 1.88. The Morgan fingerprint density at radius 3 is 3.00 bits per heavy atom. The predicted molar refractivity (Wildman–Crippen MR) is 65.0 cm³/mol. The number of hydrogen-bond acceptors (Lipinski definition) is 2. The van der Waals surface area contributed by atoms with Crippen LogP contribution in [0, 0.1) is 0 Å². The molecule has 0 saturated carbocycles. The first-order valence-electron chi connectivity index (χ1n) is 4.34. The van der Waals surface area contributed by atoms with E-state index in [0.29, 0.717) is 5.02 Å². The van der Waals surface area contributed by atoms with Gasteiger partial charge in [0.2, 0.25) is 0 Å². The van der Waals surface area contributed by atoms with Crippen molar-refractivity contribution in [2.24, 2.45) is 0 Å². The second kappa shape index (κ2) is 3.83. The maximum Gasteiger partial charge on any atom is 0.0724 e. The van der Waals surface area contributed by atoms with Crippen molar-refractivity contribution in [2.75, 3.05) is 17.2 Å². The molecule has 0 aliphatic carbocycles. The van der Waals surface area contributed by atoms with E-state index in [-0.39, 0.29) is 0 Å². The molecule has 2 rings (SSSR count). The van der Waals surface area contributed by atoms with E-state index < -0.39 is 0 Å². The fraction of sp³-hybridized carbons (Fsp3) is 0.200. The monoisotopic (exact) mass is 272 g/mol. The smallest absolute Gasteiger partial charge is 0.0724 e. The summed E-state index contributed by atoms with van der Waals surface area (Å²) in [6.45, 7) is 4.81. The van der Waals surface area contributed by atoms with Gasteiger partial charge in [0.25, 0.3) is 0 Å². The Kier molecular flexibility index (Phi) is 2.70. The molecule has 74 valence electrons. The maximum absolute atomic E-state index is 5.96. The molecule has 0 spiro atoms. The molecule has 0 atom stereocenters. The van der Waals surface area contributed by atoms with Crippen molar-refractivity contribution in [3.63, 3.8) is 0 Å².